The summed E-state index contributed by atoms with van der Waals surface area (Å²) >= 11 is 0. The molecule has 3 heteroatoms. The van der Waals surface area contributed by atoms with Crippen molar-refractivity contribution in [2.75, 3.05) is 5.75 Å². The first-order valence-corrected chi connectivity index (χ1v) is 9.70. The van der Waals surface area contributed by atoms with E-state index in [0.29, 0.717) is 5.75 Å². The fourth-order valence-electron chi connectivity index (χ4n) is 2.42. The number of benzene rings is 1. The van der Waals surface area contributed by atoms with Crippen LogP contribution in [0.15, 0.2) is 29.2 Å². The van der Waals surface area contributed by atoms with Crippen molar-refractivity contribution >= 4 is 10.8 Å². The Hall–Kier alpha value is -0.700. The predicted molar refractivity (Wildman–Crippen MR) is 89.5 cm³/mol. The normalized spacial score (nSPS) is 12.5. The molecule has 0 N–H and O–H groups in total. The summed E-state index contributed by atoms with van der Waals surface area (Å²) in [6.07, 6.45) is 12.8. The van der Waals surface area contributed by atoms with Gasteiger partial charge >= 0.3 is 0 Å². The van der Waals surface area contributed by atoms with Crippen LogP contribution < -0.4 is 0 Å². The summed E-state index contributed by atoms with van der Waals surface area (Å²) in [6, 6.07) is 6.01. The van der Waals surface area contributed by atoms with Gasteiger partial charge in [-0.15, -0.1) is 0 Å². The molecule has 0 saturated heterocycles. The van der Waals surface area contributed by atoms with E-state index in [1.807, 2.05) is 0 Å². The predicted octanol–water partition coefficient (Wildman–Crippen LogP) is 5.85. The zero-order valence-electron chi connectivity index (χ0n) is 13.3. The van der Waals surface area contributed by atoms with Gasteiger partial charge in [-0.25, -0.2) is 4.39 Å². The fraction of sp³-hybridized carbons (Fsp3) is 0.667. The van der Waals surface area contributed by atoms with E-state index in [0.717, 1.165) is 17.7 Å². The molecular weight excluding hydrogens is 283 g/mol. The average molecular weight is 312 g/mol. The van der Waals surface area contributed by atoms with Gasteiger partial charge in [-0.1, -0.05) is 64.7 Å². The van der Waals surface area contributed by atoms with Crippen LogP contribution in [0.4, 0.5) is 4.39 Å². The van der Waals surface area contributed by atoms with Crippen molar-refractivity contribution in [2.45, 2.75) is 76.0 Å². The lowest BCUT2D eigenvalue weighted by Gasteiger charge is -2.03. The molecule has 120 valence electrons. The molecule has 0 aliphatic heterocycles. The van der Waals surface area contributed by atoms with Crippen molar-refractivity contribution in [3.63, 3.8) is 0 Å². The van der Waals surface area contributed by atoms with Crippen LogP contribution in [0.5, 0.6) is 0 Å². The lowest BCUT2D eigenvalue weighted by Crippen LogP contribution is -1.98. The van der Waals surface area contributed by atoms with Gasteiger partial charge in [-0.2, -0.15) is 0 Å². The Kier molecular flexibility index (Phi) is 10.4. The third-order valence-electron chi connectivity index (χ3n) is 3.76. The molecule has 0 bridgehead atoms. The SMILES string of the molecule is CCCCCCCCCCCCS(=O)c1ccc(F)cc1. The van der Waals surface area contributed by atoms with Crippen molar-refractivity contribution in [2.24, 2.45) is 0 Å². The topological polar surface area (TPSA) is 17.1 Å². The smallest absolute Gasteiger partial charge is 0.123 e. The average Bonchev–Trinajstić information content (AvgIpc) is 2.49. The van der Waals surface area contributed by atoms with E-state index in [-0.39, 0.29) is 5.82 Å². The van der Waals surface area contributed by atoms with Gasteiger partial charge in [-0.05, 0) is 30.7 Å². The standard InChI is InChI=1S/C18H29FOS/c1-2-3-4-5-6-7-8-9-10-11-16-21(20)18-14-12-17(19)13-15-18/h12-15H,2-11,16H2,1H3. The number of unbranched alkanes of at least 4 members (excludes halogenated alkanes) is 9. The van der Waals surface area contributed by atoms with Crippen LogP contribution in [0.3, 0.4) is 0 Å². The van der Waals surface area contributed by atoms with Gasteiger partial charge in [0.2, 0.25) is 0 Å². The first-order chi connectivity index (χ1) is 10.2. The molecule has 1 unspecified atom stereocenters. The van der Waals surface area contributed by atoms with E-state index in [2.05, 4.69) is 6.92 Å². The maximum absolute atomic E-state index is 12.8. The summed E-state index contributed by atoms with van der Waals surface area (Å²) in [6.45, 7) is 2.25. The van der Waals surface area contributed by atoms with Crippen LogP contribution in [0.2, 0.25) is 0 Å². The minimum absolute atomic E-state index is 0.269. The Morgan fingerprint density at radius 2 is 1.29 bits per heavy atom. The Bertz CT molecular complexity index is 389. The monoisotopic (exact) mass is 312 g/mol. The molecule has 0 radical (unpaired) electrons. The van der Waals surface area contributed by atoms with Crippen LogP contribution >= 0.6 is 0 Å². The molecule has 1 nitrogen and oxygen atoms in total. The number of halogens is 1. The highest BCUT2D eigenvalue weighted by atomic mass is 32.2. The molecule has 0 aliphatic carbocycles. The number of rotatable bonds is 12. The minimum Gasteiger partial charge on any atom is -0.254 e. The van der Waals surface area contributed by atoms with Gasteiger partial charge in [0.15, 0.2) is 0 Å². The molecule has 0 aliphatic rings. The first kappa shape index (κ1) is 18.3. The van der Waals surface area contributed by atoms with Crippen LogP contribution in [0.1, 0.15) is 71.1 Å². The van der Waals surface area contributed by atoms with Gasteiger partial charge in [0.1, 0.15) is 5.82 Å². The maximum atomic E-state index is 12.8. The third kappa shape index (κ3) is 9.02. The molecule has 1 rings (SSSR count). The molecule has 0 spiro atoms. The Labute approximate surface area is 131 Å². The molecule has 1 aromatic rings. The van der Waals surface area contributed by atoms with Gasteiger partial charge in [-0.3, -0.25) is 4.21 Å². The molecule has 0 amide bonds. The first-order valence-electron chi connectivity index (χ1n) is 8.38. The fourth-order valence-corrected chi connectivity index (χ4v) is 3.57. The molecule has 0 heterocycles. The zero-order valence-corrected chi connectivity index (χ0v) is 14.1. The summed E-state index contributed by atoms with van der Waals surface area (Å²) < 4.78 is 24.8. The van der Waals surface area contributed by atoms with Crippen molar-refractivity contribution < 1.29 is 8.60 Å². The lowest BCUT2D eigenvalue weighted by molar-refractivity contribution is 0.562. The van der Waals surface area contributed by atoms with E-state index in [4.69, 9.17) is 0 Å². The van der Waals surface area contributed by atoms with Gasteiger partial charge in [0.05, 0.1) is 10.8 Å². The van der Waals surface area contributed by atoms with Gasteiger partial charge in [0.25, 0.3) is 0 Å². The molecule has 1 aromatic carbocycles. The van der Waals surface area contributed by atoms with Crippen molar-refractivity contribution in [3.05, 3.63) is 30.1 Å². The van der Waals surface area contributed by atoms with E-state index in [1.165, 1.54) is 63.5 Å². The van der Waals surface area contributed by atoms with E-state index in [1.54, 1.807) is 12.1 Å². The lowest BCUT2D eigenvalue weighted by atomic mass is 10.1. The van der Waals surface area contributed by atoms with Gasteiger partial charge in [0, 0.05) is 10.6 Å². The van der Waals surface area contributed by atoms with Crippen LogP contribution in [-0.2, 0) is 10.8 Å². The molecule has 1 atom stereocenters. The van der Waals surface area contributed by atoms with Crippen LogP contribution in [-0.4, -0.2) is 9.96 Å². The molecule has 0 aromatic heterocycles. The molecule has 0 saturated carbocycles. The molecule has 0 fully saturated rings. The summed E-state index contributed by atoms with van der Waals surface area (Å²) in [5.41, 5.74) is 0. The zero-order chi connectivity index (χ0) is 15.3. The third-order valence-corrected chi connectivity index (χ3v) is 5.22. The Morgan fingerprint density at radius 1 is 0.810 bits per heavy atom. The molecule has 21 heavy (non-hydrogen) atoms. The number of hydrogen-bond acceptors (Lipinski definition) is 1. The summed E-state index contributed by atoms with van der Waals surface area (Å²) in [5, 5.41) is 0. The second-order valence-electron chi connectivity index (χ2n) is 5.69. The quantitative estimate of drug-likeness (QED) is 0.442. The van der Waals surface area contributed by atoms with Gasteiger partial charge < -0.3 is 0 Å². The van der Waals surface area contributed by atoms with Crippen LogP contribution in [0, 0.1) is 5.82 Å². The highest BCUT2D eigenvalue weighted by Crippen LogP contribution is 2.13. The molecular formula is C18H29FOS. The minimum atomic E-state index is -0.971. The van der Waals surface area contributed by atoms with Crippen molar-refractivity contribution in [1.82, 2.24) is 0 Å². The van der Waals surface area contributed by atoms with E-state index >= 15 is 0 Å². The second-order valence-corrected chi connectivity index (χ2v) is 7.26. The van der Waals surface area contributed by atoms with E-state index < -0.39 is 10.8 Å². The Balaban J connectivity index is 1.96. The summed E-state index contributed by atoms with van der Waals surface area (Å²) in [5.74, 6) is 0.428. The van der Waals surface area contributed by atoms with Crippen molar-refractivity contribution in [1.29, 1.82) is 0 Å². The summed E-state index contributed by atoms with van der Waals surface area (Å²) in [4.78, 5) is 0.743. The summed E-state index contributed by atoms with van der Waals surface area (Å²) in [7, 11) is -0.971. The van der Waals surface area contributed by atoms with E-state index in [9.17, 15) is 8.60 Å². The second kappa shape index (κ2) is 11.9. The largest absolute Gasteiger partial charge is 0.254 e. The highest BCUT2D eigenvalue weighted by Gasteiger charge is 2.03. The van der Waals surface area contributed by atoms with Crippen LogP contribution in [0.25, 0.3) is 0 Å². The highest BCUT2D eigenvalue weighted by molar-refractivity contribution is 7.85. The Morgan fingerprint density at radius 3 is 1.81 bits per heavy atom. The van der Waals surface area contributed by atoms with Crippen molar-refractivity contribution in [3.8, 4) is 0 Å². The number of hydrogen-bond donors (Lipinski definition) is 0. The maximum Gasteiger partial charge on any atom is 0.123 e.